The molecular weight excluding hydrogens is 447 g/mol. The molecule has 0 fully saturated rings. The fourth-order valence-corrected chi connectivity index (χ4v) is 3.61. The molecule has 3 aromatic heterocycles. The molecular formula is C22H16BrFN6. The Morgan fingerprint density at radius 3 is 2.67 bits per heavy atom. The maximum atomic E-state index is 14.3. The zero-order valence-corrected chi connectivity index (χ0v) is 17.3. The highest BCUT2D eigenvalue weighted by atomic mass is 79.9. The van der Waals surface area contributed by atoms with Gasteiger partial charge < -0.3 is 9.88 Å². The lowest BCUT2D eigenvalue weighted by Gasteiger charge is -2.12. The molecule has 5 rings (SSSR count). The minimum absolute atomic E-state index is 0.314. The van der Waals surface area contributed by atoms with Gasteiger partial charge in [0.25, 0.3) is 0 Å². The van der Waals surface area contributed by atoms with E-state index in [2.05, 4.69) is 48.4 Å². The van der Waals surface area contributed by atoms with E-state index in [1.54, 1.807) is 41.4 Å². The van der Waals surface area contributed by atoms with Gasteiger partial charge in [-0.2, -0.15) is 9.61 Å². The molecule has 0 aliphatic rings. The molecule has 2 aromatic carbocycles. The number of hydrogen-bond donors (Lipinski definition) is 1. The van der Waals surface area contributed by atoms with Crippen LogP contribution in [0.25, 0.3) is 22.6 Å². The van der Waals surface area contributed by atoms with Crippen LogP contribution in [0.1, 0.15) is 5.56 Å². The largest absolute Gasteiger partial charge is 0.366 e. The van der Waals surface area contributed by atoms with Gasteiger partial charge in [0, 0.05) is 36.3 Å². The Hall–Kier alpha value is -3.52. The van der Waals surface area contributed by atoms with Crippen LogP contribution in [0, 0.1) is 5.82 Å². The lowest BCUT2D eigenvalue weighted by atomic mass is 10.1. The van der Waals surface area contributed by atoms with E-state index < -0.39 is 0 Å². The molecule has 1 N–H and O–H groups in total. The van der Waals surface area contributed by atoms with Crippen molar-refractivity contribution in [2.75, 3.05) is 5.32 Å². The lowest BCUT2D eigenvalue weighted by Crippen LogP contribution is -2.07. The quantitative estimate of drug-likeness (QED) is 0.394. The van der Waals surface area contributed by atoms with Gasteiger partial charge in [0.2, 0.25) is 0 Å². The fourth-order valence-electron chi connectivity index (χ4n) is 3.26. The van der Waals surface area contributed by atoms with Crippen molar-refractivity contribution < 1.29 is 4.39 Å². The van der Waals surface area contributed by atoms with Gasteiger partial charge in [0.1, 0.15) is 11.6 Å². The number of benzene rings is 2. The monoisotopic (exact) mass is 462 g/mol. The maximum Gasteiger partial charge on any atom is 0.172 e. The molecule has 0 aliphatic heterocycles. The first-order valence-corrected chi connectivity index (χ1v) is 10.1. The Kier molecular flexibility index (Phi) is 4.76. The summed E-state index contributed by atoms with van der Waals surface area (Å²) in [6.07, 6.45) is 7.10. The number of nitrogens with zero attached hydrogens (tertiary/aromatic N) is 5. The van der Waals surface area contributed by atoms with Crippen molar-refractivity contribution in [3.8, 4) is 16.9 Å². The second kappa shape index (κ2) is 7.72. The molecule has 0 radical (unpaired) electrons. The number of hydrogen-bond acceptors (Lipinski definition) is 4. The number of fused-ring (bicyclic) bond motifs is 1. The molecule has 0 amide bonds. The highest BCUT2D eigenvalue weighted by Gasteiger charge is 2.13. The zero-order chi connectivity index (χ0) is 20.5. The average molecular weight is 463 g/mol. The Labute approximate surface area is 180 Å². The van der Waals surface area contributed by atoms with Crippen LogP contribution in [0.3, 0.4) is 0 Å². The van der Waals surface area contributed by atoms with E-state index in [0.717, 1.165) is 21.5 Å². The third-order valence-electron chi connectivity index (χ3n) is 4.79. The summed E-state index contributed by atoms with van der Waals surface area (Å²) >= 11 is 3.47. The maximum absolute atomic E-state index is 14.3. The first-order valence-electron chi connectivity index (χ1n) is 9.29. The summed E-state index contributed by atoms with van der Waals surface area (Å²) in [6.45, 7) is 0.581. The van der Waals surface area contributed by atoms with Crippen molar-refractivity contribution in [2.45, 2.75) is 6.54 Å². The summed E-state index contributed by atoms with van der Waals surface area (Å²) in [6, 6.07) is 16.6. The van der Waals surface area contributed by atoms with Crippen molar-refractivity contribution in [1.82, 2.24) is 24.1 Å². The van der Waals surface area contributed by atoms with Crippen LogP contribution >= 0.6 is 15.9 Å². The van der Waals surface area contributed by atoms with Crippen LogP contribution in [0.2, 0.25) is 0 Å². The summed E-state index contributed by atoms with van der Waals surface area (Å²) in [7, 11) is 0. The van der Waals surface area contributed by atoms with Gasteiger partial charge >= 0.3 is 0 Å². The molecule has 0 spiro atoms. The van der Waals surface area contributed by atoms with Crippen molar-refractivity contribution >= 4 is 27.4 Å². The molecule has 0 unspecified atom stereocenters. The molecule has 0 aliphatic carbocycles. The zero-order valence-electron chi connectivity index (χ0n) is 15.7. The Bertz CT molecular complexity index is 1310. The Morgan fingerprint density at radius 1 is 1.07 bits per heavy atom. The number of anilines is 1. The molecule has 0 bridgehead atoms. The van der Waals surface area contributed by atoms with Gasteiger partial charge in [0.05, 0.1) is 22.7 Å². The SMILES string of the molecule is Fc1ccccc1-c1cc(NCc2ccc(-n3ccnc3)cc2)n2ncc(Br)c2n1. The molecule has 148 valence electrons. The molecule has 5 aromatic rings. The number of halogens is 2. The van der Waals surface area contributed by atoms with Gasteiger partial charge in [-0.3, -0.25) is 0 Å². The smallest absolute Gasteiger partial charge is 0.172 e. The standard InChI is InChI=1S/C22H16BrFN6/c23-18-13-27-30-21(11-20(28-22(18)30)17-3-1-2-4-19(17)24)26-12-15-5-7-16(8-6-15)29-10-9-25-14-29/h1-11,13-14,26H,12H2. The van der Waals surface area contributed by atoms with Crippen LogP contribution in [0.5, 0.6) is 0 Å². The lowest BCUT2D eigenvalue weighted by molar-refractivity contribution is 0.630. The molecule has 3 heterocycles. The van der Waals surface area contributed by atoms with Crippen molar-refractivity contribution in [3.63, 3.8) is 0 Å². The normalized spacial score (nSPS) is 11.1. The van der Waals surface area contributed by atoms with Gasteiger partial charge in [0.15, 0.2) is 5.65 Å². The number of rotatable bonds is 5. The summed E-state index contributed by atoms with van der Waals surface area (Å²) in [5.41, 5.74) is 3.75. The minimum Gasteiger partial charge on any atom is -0.366 e. The Morgan fingerprint density at radius 2 is 1.90 bits per heavy atom. The van der Waals surface area contributed by atoms with E-state index in [-0.39, 0.29) is 5.82 Å². The molecule has 30 heavy (non-hydrogen) atoms. The molecule has 6 nitrogen and oxygen atoms in total. The highest BCUT2D eigenvalue weighted by molar-refractivity contribution is 9.10. The van der Waals surface area contributed by atoms with Crippen LogP contribution in [-0.4, -0.2) is 24.1 Å². The van der Waals surface area contributed by atoms with Gasteiger partial charge in [-0.1, -0.05) is 24.3 Å². The molecule has 8 heteroatoms. The predicted molar refractivity (Wildman–Crippen MR) is 117 cm³/mol. The second-order valence-electron chi connectivity index (χ2n) is 6.72. The van der Waals surface area contributed by atoms with Gasteiger partial charge in [-0.25, -0.2) is 14.4 Å². The first kappa shape index (κ1) is 18.5. The third kappa shape index (κ3) is 3.46. The van der Waals surface area contributed by atoms with Crippen LogP contribution in [0.4, 0.5) is 10.2 Å². The summed E-state index contributed by atoms with van der Waals surface area (Å²) in [5, 5.41) is 7.78. The predicted octanol–water partition coefficient (Wildman–Crippen LogP) is 5.10. The van der Waals surface area contributed by atoms with Crippen LogP contribution in [-0.2, 0) is 6.54 Å². The first-order chi connectivity index (χ1) is 14.7. The molecule has 0 saturated heterocycles. The third-order valence-corrected chi connectivity index (χ3v) is 5.35. The topological polar surface area (TPSA) is 60.0 Å². The van der Waals surface area contributed by atoms with E-state index in [9.17, 15) is 4.39 Å². The highest BCUT2D eigenvalue weighted by Crippen LogP contribution is 2.27. The van der Waals surface area contributed by atoms with Crippen molar-refractivity contribution in [2.24, 2.45) is 0 Å². The van der Waals surface area contributed by atoms with E-state index in [0.29, 0.717) is 23.4 Å². The molecule has 0 saturated carbocycles. The van der Waals surface area contributed by atoms with Crippen LogP contribution in [0.15, 0.2) is 84.0 Å². The van der Waals surface area contributed by atoms with Crippen molar-refractivity contribution in [1.29, 1.82) is 0 Å². The number of nitrogens with one attached hydrogen (secondary N) is 1. The van der Waals surface area contributed by atoms with Crippen molar-refractivity contribution in [3.05, 3.63) is 95.4 Å². The second-order valence-corrected chi connectivity index (χ2v) is 7.58. The minimum atomic E-state index is -0.314. The summed E-state index contributed by atoms with van der Waals surface area (Å²) in [5.74, 6) is 0.411. The van der Waals surface area contributed by atoms with E-state index in [4.69, 9.17) is 0 Å². The summed E-state index contributed by atoms with van der Waals surface area (Å²) < 4.78 is 18.7. The summed E-state index contributed by atoms with van der Waals surface area (Å²) in [4.78, 5) is 8.66. The fraction of sp³-hybridized carbons (Fsp3) is 0.0455. The number of aromatic nitrogens is 5. The van der Waals surface area contributed by atoms with Gasteiger partial charge in [-0.05, 0) is 45.8 Å². The van der Waals surface area contributed by atoms with Gasteiger partial charge in [-0.15, -0.1) is 0 Å². The van der Waals surface area contributed by atoms with E-state index >= 15 is 0 Å². The van der Waals surface area contributed by atoms with Crippen LogP contribution < -0.4 is 5.32 Å². The Balaban J connectivity index is 1.46. The number of imidazole rings is 1. The van der Waals surface area contributed by atoms with E-state index in [1.807, 2.05) is 29.0 Å². The average Bonchev–Trinajstić information content (AvgIpc) is 3.43. The molecule has 0 atom stereocenters. The van der Waals surface area contributed by atoms with E-state index in [1.165, 1.54) is 6.07 Å².